The first-order valence-corrected chi connectivity index (χ1v) is 14.5. The molecule has 1 fully saturated rings. The summed E-state index contributed by atoms with van der Waals surface area (Å²) in [6.45, 7) is 13.1. The Morgan fingerprint density at radius 3 is 2.00 bits per heavy atom. The lowest BCUT2D eigenvalue weighted by atomic mass is 9.48. The van der Waals surface area contributed by atoms with Gasteiger partial charge in [0.1, 0.15) is 10.5 Å². The van der Waals surface area contributed by atoms with Gasteiger partial charge >= 0.3 is 6.09 Å². The van der Waals surface area contributed by atoms with E-state index >= 15 is 0 Å². The number of anilines is 1. The van der Waals surface area contributed by atoms with Crippen LogP contribution in [0.15, 0.2) is 41.3 Å². The molecule has 3 rings (SSSR count). The minimum Gasteiger partial charge on any atom is -0.444 e. The number of carbonyl (C=O) groups excluding carboxylic acids is 2. The highest BCUT2D eigenvalue weighted by Gasteiger charge is 2.63. The topological polar surface area (TPSA) is 114 Å². The van der Waals surface area contributed by atoms with E-state index in [9.17, 15) is 18.0 Å². The van der Waals surface area contributed by atoms with Gasteiger partial charge in [-0.15, -0.1) is 0 Å². The summed E-state index contributed by atoms with van der Waals surface area (Å²) in [6.07, 6.45) is -0.534. The summed E-state index contributed by atoms with van der Waals surface area (Å²) >= 11 is 18.3. The summed E-state index contributed by atoms with van der Waals surface area (Å²) in [6, 6.07) is 7.70. The second-order valence-electron chi connectivity index (χ2n) is 11.5. The Bertz CT molecular complexity index is 1350. The maximum absolute atomic E-state index is 13.3. The third-order valence-electron chi connectivity index (χ3n) is 6.57. The van der Waals surface area contributed by atoms with Crippen molar-refractivity contribution < 1.29 is 22.7 Å². The molecule has 0 bridgehead atoms. The quantitative estimate of drug-likeness (QED) is 0.348. The predicted molar refractivity (Wildman–Crippen MR) is 151 cm³/mol. The van der Waals surface area contributed by atoms with Gasteiger partial charge in [-0.1, -0.05) is 62.5 Å². The maximum atomic E-state index is 13.3. The standard InChI is InChI=1S/C26H32Cl3N3O5S/c1-24(2,3)37-23(34)31-22-25(4,5)21(26(22,6)7)30-20(33)14-8-10-17(29)19(12-14)38(35,36)32-18-13-15(27)9-11-16(18)28/h8-13,21-22,32H,1-7H3,(H,30,33)(H,31,34). The third kappa shape index (κ3) is 6.33. The van der Waals surface area contributed by atoms with E-state index < -0.39 is 38.5 Å². The average Bonchev–Trinajstić information content (AvgIpc) is 2.76. The molecular weight excluding hydrogens is 573 g/mol. The van der Waals surface area contributed by atoms with Gasteiger partial charge in [0.15, 0.2) is 0 Å². The zero-order chi connectivity index (χ0) is 28.8. The molecule has 0 atom stereocenters. The molecule has 2 aromatic rings. The minimum absolute atomic E-state index is 0.0712. The van der Waals surface area contributed by atoms with Gasteiger partial charge in [-0.3, -0.25) is 9.52 Å². The van der Waals surface area contributed by atoms with Crippen LogP contribution in [0.1, 0.15) is 58.8 Å². The molecule has 0 unspecified atom stereocenters. The molecule has 0 saturated heterocycles. The molecule has 12 heteroatoms. The highest BCUT2D eigenvalue weighted by molar-refractivity contribution is 7.92. The van der Waals surface area contributed by atoms with E-state index in [-0.39, 0.29) is 43.3 Å². The summed E-state index contributed by atoms with van der Waals surface area (Å²) in [5, 5.41) is 6.29. The van der Waals surface area contributed by atoms with Crippen LogP contribution in [-0.2, 0) is 14.8 Å². The van der Waals surface area contributed by atoms with Crippen molar-refractivity contribution in [1.82, 2.24) is 10.6 Å². The van der Waals surface area contributed by atoms with Crippen LogP contribution in [0.2, 0.25) is 15.1 Å². The summed E-state index contributed by atoms with van der Waals surface area (Å²) in [7, 11) is -4.21. The van der Waals surface area contributed by atoms with Gasteiger partial charge in [0.2, 0.25) is 0 Å². The van der Waals surface area contributed by atoms with Crippen LogP contribution in [-0.4, -0.2) is 38.1 Å². The van der Waals surface area contributed by atoms with Crippen LogP contribution in [0.4, 0.5) is 10.5 Å². The highest BCUT2D eigenvalue weighted by atomic mass is 35.5. The van der Waals surface area contributed by atoms with Gasteiger partial charge in [-0.2, -0.15) is 0 Å². The van der Waals surface area contributed by atoms with E-state index in [2.05, 4.69) is 15.4 Å². The third-order valence-corrected chi connectivity index (χ3v) is 8.98. The Labute approximate surface area is 238 Å². The fraction of sp³-hybridized carbons (Fsp3) is 0.462. The number of amides is 2. The SMILES string of the molecule is CC(C)(C)OC(=O)NC1C(C)(C)C(NC(=O)c2ccc(Cl)c(S(=O)(=O)Nc3cc(Cl)ccc3Cl)c2)C1(C)C. The second-order valence-corrected chi connectivity index (χ2v) is 14.4. The van der Waals surface area contributed by atoms with Gasteiger partial charge in [-0.25, -0.2) is 13.2 Å². The molecule has 2 amide bonds. The van der Waals surface area contributed by atoms with Gasteiger partial charge in [0, 0.05) is 33.5 Å². The van der Waals surface area contributed by atoms with Crippen molar-refractivity contribution in [2.24, 2.45) is 10.8 Å². The van der Waals surface area contributed by atoms with Crippen LogP contribution in [0.5, 0.6) is 0 Å². The highest BCUT2D eigenvalue weighted by Crippen LogP contribution is 2.54. The van der Waals surface area contributed by atoms with Crippen molar-refractivity contribution in [3.8, 4) is 0 Å². The largest absolute Gasteiger partial charge is 0.444 e. The Hall–Kier alpha value is -2.20. The molecule has 0 aliphatic heterocycles. The van der Waals surface area contributed by atoms with E-state index in [0.717, 1.165) is 0 Å². The first kappa shape index (κ1) is 30.3. The number of hydrogen-bond acceptors (Lipinski definition) is 5. The molecular formula is C26H32Cl3N3O5S. The zero-order valence-corrected chi connectivity index (χ0v) is 25.3. The second kappa shape index (κ2) is 10.4. The van der Waals surface area contributed by atoms with E-state index in [1.807, 2.05) is 27.7 Å². The van der Waals surface area contributed by atoms with E-state index in [1.54, 1.807) is 20.8 Å². The molecule has 2 aromatic carbocycles. The Kier molecular flexibility index (Phi) is 8.31. The number of sulfonamides is 1. The smallest absolute Gasteiger partial charge is 0.407 e. The minimum atomic E-state index is -4.21. The normalized spacial score (nSPS) is 20.2. The van der Waals surface area contributed by atoms with Crippen LogP contribution in [0.25, 0.3) is 0 Å². The Morgan fingerprint density at radius 2 is 1.42 bits per heavy atom. The summed E-state index contributed by atoms with van der Waals surface area (Å²) in [5.74, 6) is -0.485. The number of alkyl carbamates (subject to hydrolysis) is 1. The lowest BCUT2D eigenvalue weighted by Crippen LogP contribution is -2.77. The molecule has 0 radical (unpaired) electrons. The van der Waals surface area contributed by atoms with Crippen LogP contribution in [0.3, 0.4) is 0 Å². The van der Waals surface area contributed by atoms with E-state index in [0.29, 0.717) is 0 Å². The molecule has 3 N–H and O–H groups in total. The molecule has 0 heterocycles. The monoisotopic (exact) mass is 603 g/mol. The molecule has 8 nitrogen and oxygen atoms in total. The van der Waals surface area contributed by atoms with Crippen LogP contribution >= 0.6 is 34.8 Å². The van der Waals surface area contributed by atoms with Crippen LogP contribution < -0.4 is 15.4 Å². The lowest BCUT2D eigenvalue weighted by Gasteiger charge is -2.64. The van der Waals surface area contributed by atoms with Crippen molar-refractivity contribution in [1.29, 1.82) is 0 Å². The number of carbonyl (C=O) groups is 2. The zero-order valence-electron chi connectivity index (χ0n) is 22.2. The van der Waals surface area contributed by atoms with Gasteiger partial charge in [-0.05, 0) is 57.2 Å². The molecule has 0 spiro atoms. The number of nitrogens with one attached hydrogen (secondary N) is 3. The fourth-order valence-electron chi connectivity index (χ4n) is 5.16. The number of halogens is 3. The van der Waals surface area contributed by atoms with E-state index in [1.165, 1.54) is 36.4 Å². The van der Waals surface area contributed by atoms with Crippen molar-refractivity contribution >= 4 is 62.5 Å². The van der Waals surface area contributed by atoms with Gasteiger partial charge < -0.3 is 15.4 Å². The lowest BCUT2D eigenvalue weighted by molar-refractivity contribution is -0.0861. The molecule has 1 aliphatic carbocycles. The molecule has 1 aliphatic rings. The summed E-state index contributed by atoms with van der Waals surface area (Å²) < 4.78 is 34.0. The van der Waals surface area contributed by atoms with Gasteiger partial charge in [0.05, 0.1) is 15.7 Å². The first-order chi connectivity index (χ1) is 17.3. The Morgan fingerprint density at radius 1 is 0.868 bits per heavy atom. The molecule has 208 valence electrons. The summed E-state index contributed by atoms with van der Waals surface area (Å²) in [4.78, 5) is 25.4. The van der Waals surface area contributed by atoms with Gasteiger partial charge in [0.25, 0.3) is 15.9 Å². The van der Waals surface area contributed by atoms with Crippen molar-refractivity contribution in [3.05, 3.63) is 57.0 Å². The Balaban J connectivity index is 1.81. The number of benzene rings is 2. The predicted octanol–water partition coefficient (Wildman–Crippen LogP) is 6.51. The van der Waals surface area contributed by atoms with Crippen molar-refractivity contribution in [2.45, 2.75) is 71.0 Å². The van der Waals surface area contributed by atoms with Crippen molar-refractivity contribution in [2.75, 3.05) is 4.72 Å². The number of hydrogen-bond donors (Lipinski definition) is 3. The molecule has 38 heavy (non-hydrogen) atoms. The summed E-state index contributed by atoms with van der Waals surface area (Å²) in [5.41, 5.74) is -1.52. The average molecular weight is 605 g/mol. The first-order valence-electron chi connectivity index (χ1n) is 11.8. The fourth-order valence-corrected chi connectivity index (χ4v) is 7.15. The number of rotatable bonds is 6. The maximum Gasteiger partial charge on any atom is 0.407 e. The van der Waals surface area contributed by atoms with Crippen LogP contribution in [0, 0.1) is 10.8 Å². The van der Waals surface area contributed by atoms with Crippen molar-refractivity contribution in [3.63, 3.8) is 0 Å². The molecule has 1 saturated carbocycles. The van der Waals surface area contributed by atoms with E-state index in [4.69, 9.17) is 39.5 Å². The molecule has 0 aromatic heterocycles. The number of ether oxygens (including phenoxy) is 1.